The summed E-state index contributed by atoms with van der Waals surface area (Å²) < 4.78 is 26.3. The van der Waals surface area contributed by atoms with E-state index in [-0.39, 0.29) is 5.03 Å². The summed E-state index contributed by atoms with van der Waals surface area (Å²) >= 11 is 1.78. The van der Waals surface area contributed by atoms with Gasteiger partial charge < -0.3 is 5.32 Å². The van der Waals surface area contributed by atoms with Gasteiger partial charge >= 0.3 is 0 Å². The molecule has 0 atom stereocenters. The molecule has 0 bridgehead atoms. The molecule has 2 rings (SSSR count). The first-order valence-corrected chi connectivity index (χ1v) is 7.96. The standard InChI is InChI=1S/C10H15N3O2S2/c1-11-9-3-2-4-12-10(9)17(14,15)13-5-7-16-8-6-13/h2-4,11H,5-8H2,1H3. The Balaban J connectivity index is 2.36. The van der Waals surface area contributed by atoms with Gasteiger partial charge in [0.1, 0.15) is 0 Å². The van der Waals surface area contributed by atoms with Crippen molar-refractivity contribution in [3.8, 4) is 0 Å². The summed E-state index contributed by atoms with van der Waals surface area (Å²) in [7, 11) is -1.76. The number of aromatic nitrogens is 1. The molecule has 17 heavy (non-hydrogen) atoms. The van der Waals surface area contributed by atoms with Crippen LogP contribution in [0.15, 0.2) is 23.4 Å². The predicted molar refractivity (Wildman–Crippen MR) is 69.9 cm³/mol. The first-order chi connectivity index (χ1) is 8.16. The van der Waals surface area contributed by atoms with E-state index in [9.17, 15) is 8.42 Å². The van der Waals surface area contributed by atoms with Crippen molar-refractivity contribution >= 4 is 27.5 Å². The number of anilines is 1. The molecule has 0 unspecified atom stereocenters. The summed E-state index contributed by atoms with van der Waals surface area (Å²) in [5.74, 6) is 1.70. The molecule has 0 saturated carbocycles. The number of nitrogens with one attached hydrogen (secondary N) is 1. The minimum absolute atomic E-state index is 0.120. The normalized spacial score (nSPS) is 17.9. The summed E-state index contributed by atoms with van der Waals surface area (Å²) in [4.78, 5) is 4.00. The SMILES string of the molecule is CNc1cccnc1S(=O)(=O)N1CCSCC1. The smallest absolute Gasteiger partial charge is 0.262 e. The molecule has 2 heterocycles. The van der Waals surface area contributed by atoms with Gasteiger partial charge in [0, 0.05) is 37.8 Å². The second kappa shape index (κ2) is 5.24. The topological polar surface area (TPSA) is 62.3 Å². The van der Waals surface area contributed by atoms with E-state index in [1.165, 1.54) is 10.5 Å². The van der Waals surface area contributed by atoms with E-state index in [1.54, 1.807) is 30.9 Å². The minimum atomic E-state index is -3.46. The van der Waals surface area contributed by atoms with Crippen LogP contribution in [0.5, 0.6) is 0 Å². The van der Waals surface area contributed by atoms with Crippen molar-refractivity contribution in [3.63, 3.8) is 0 Å². The number of nitrogens with zero attached hydrogens (tertiary/aromatic N) is 2. The Morgan fingerprint density at radius 3 is 2.76 bits per heavy atom. The molecule has 7 heteroatoms. The van der Waals surface area contributed by atoms with Gasteiger partial charge in [-0.2, -0.15) is 16.1 Å². The fourth-order valence-corrected chi connectivity index (χ4v) is 4.38. The quantitative estimate of drug-likeness (QED) is 0.885. The molecule has 1 aliphatic heterocycles. The summed E-state index contributed by atoms with van der Waals surface area (Å²) in [6, 6.07) is 3.44. The van der Waals surface area contributed by atoms with Crippen LogP contribution in [-0.4, -0.2) is 49.3 Å². The molecule has 0 aromatic carbocycles. The molecule has 0 radical (unpaired) electrons. The highest BCUT2D eigenvalue weighted by Gasteiger charge is 2.29. The van der Waals surface area contributed by atoms with Gasteiger partial charge in [-0.15, -0.1) is 0 Å². The fraction of sp³-hybridized carbons (Fsp3) is 0.500. The highest BCUT2D eigenvalue weighted by molar-refractivity contribution is 7.99. The second-order valence-electron chi connectivity index (χ2n) is 3.62. The van der Waals surface area contributed by atoms with E-state index < -0.39 is 10.0 Å². The van der Waals surface area contributed by atoms with Gasteiger partial charge in [-0.25, -0.2) is 13.4 Å². The highest BCUT2D eigenvalue weighted by Crippen LogP contribution is 2.23. The van der Waals surface area contributed by atoms with Gasteiger partial charge in [-0.1, -0.05) is 0 Å². The largest absolute Gasteiger partial charge is 0.386 e. The van der Waals surface area contributed by atoms with Gasteiger partial charge in [0.15, 0.2) is 5.03 Å². The Kier molecular flexibility index (Phi) is 3.90. The van der Waals surface area contributed by atoms with Crippen LogP contribution in [0, 0.1) is 0 Å². The van der Waals surface area contributed by atoms with Crippen molar-refractivity contribution in [2.24, 2.45) is 0 Å². The van der Waals surface area contributed by atoms with E-state index >= 15 is 0 Å². The first-order valence-electron chi connectivity index (χ1n) is 5.37. The zero-order valence-electron chi connectivity index (χ0n) is 9.59. The lowest BCUT2D eigenvalue weighted by Gasteiger charge is -2.25. The fourth-order valence-electron chi connectivity index (χ4n) is 1.70. The van der Waals surface area contributed by atoms with Gasteiger partial charge in [-0.05, 0) is 12.1 Å². The molecule has 1 aliphatic rings. The summed E-state index contributed by atoms with van der Waals surface area (Å²) in [6.07, 6.45) is 1.51. The summed E-state index contributed by atoms with van der Waals surface area (Å²) in [6.45, 7) is 1.12. The number of pyridine rings is 1. The van der Waals surface area contributed by atoms with Crippen LogP contribution in [0.2, 0.25) is 0 Å². The number of sulfonamides is 1. The van der Waals surface area contributed by atoms with Crippen molar-refractivity contribution in [1.29, 1.82) is 0 Å². The number of rotatable bonds is 3. The second-order valence-corrected chi connectivity index (χ2v) is 6.70. The van der Waals surface area contributed by atoms with Crippen molar-refractivity contribution < 1.29 is 8.42 Å². The van der Waals surface area contributed by atoms with E-state index in [2.05, 4.69) is 10.3 Å². The number of hydrogen-bond acceptors (Lipinski definition) is 5. The number of thioether (sulfide) groups is 1. The number of hydrogen-bond donors (Lipinski definition) is 1. The predicted octanol–water partition coefficient (Wildman–Crippen LogP) is 0.861. The third kappa shape index (κ3) is 2.56. The van der Waals surface area contributed by atoms with E-state index in [0.29, 0.717) is 18.8 Å². The Hall–Kier alpha value is -0.790. The molecule has 1 aromatic rings. The monoisotopic (exact) mass is 273 g/mol. The Morgan fingerprint density at radius 2 is 2.12 bits per heavy atom. The molecule has 0 amide bonds. The zero-order valence-corrected chi connectivity index (χ0v) is 11.2. The average molecular weight is 273 g/mol. The minimum Gasteiger partial charge on any atom is -0.386 e. The molecule has 0 spiro atoms. The van der Waals surface area contributed by atoms with E-state index in [4.69, 9.17) is 0 Å². The van der Waals surface area contributed by atoms with E-state index in [0.717, 1.165) is 11.5 Å². The average Bonchev–Trinajstić information content (AvgIpc) is 2.39. The van der Waals surface area contributed by atoms with Crippen LogP contribution < -0.4 is 5.32 Å². The third-order valence-corrected chi connectivity index (χ3v) is 5.40. The highest BCUT2D eigenvalue weighted by atomic mass is 32.2. The molecule has 1 N–H and O–H groups in total. The lowest BCUT2D eigenvalue weighted by Crippen LogP contribution is -2.38. The van der Waals surface area contributed by atoms with Crippen molar-refractivity contribution in [1.82, 2.24) is 9.29 Å². The Bertz CT molecular complexity index is 484. The Morgan fingerprint density at radius 1 is 1.41 bits per heavy atom. The maximum Gasteiger partial charge on any atom is 0.262 e. The van der Waals surface area contributed by atoms with Gasteiger partial charge in [0.05, 0.1) is 5.69 Å². The van der Waals surface area contributed by atoms with Crippen LogP contribution in [0.25, 0.3) is 0 Å². The maximum absolute atomic E-state index is 12.4. The molecule has 0 aliphatic carbocycles. The van der Waals surface area contributed by atoms with Crippen molar-refractivity contribution in [3.05, 3.63) is 18.3 Å². The van der Waals surface area contributed by atoms with Crippen molar-refractivity contribution in [2.45, 2.75) is 5.03 Å². The molecular formula is C10H15N3O2S2. The summed E-state index contributed by atoms with van der Waals surface area (Å²) in [5.41, 5.74) is 0.547. The molecule has 1 fully saturated rings. The Labute approximate surface area is 106 Å². The zero-order chi connectivity index (χ0) is 12.3. The lowest BCUT2D eigenvalue weighted by atomic mass is 10.4. The third-order valence-electron chi connectivity index (χ3n) is 2.59. The molecular weight excluding hydrogens is 258 g/mol. The molecule has 1 saturated heterocycles. The van der Waals surface area contributed by atoms with Gasteiger partial charge in [-0.3, -0.25) is 0 Å². The summed E-state index contributed by atoms with van der Waals surface area (Å²) in [5, 5.41) is 2.99. The molecule has 5 nitrogen and oxygen atoms in total. The lowest BCUT2D eigenvalue weighted by molar-refractivity contribution is 0.441. The first kappa shape index (κ1) is 12.7. The van der Waals surface area contributed by atoms with Crippen LogP contribution >= 0.6 is 11.8 Å². The van der Waals surface area contributed by atoms with E-state index in [1.807, 2.05) is 0 Å². The van der Waals surface area contributed by atoms with Crippen LogP contribution in [0.3, 0.4) is 0 Å². The van der Waals surface area contributed by atoms with Gasteiger partial charge in [0.2, 0.25) is 0 Å². The van der Waals surface area contributed by atoms with Crippen LogP contribution in [-0.2, 0) is 10.0 Å². The van der Waals surface area contributed by atoms with Crippen molar-refractivity contribution in [2.75, 3.05) is 37.0 Å². The van der Waals surface area contributed by atoms with Gasteiger partial charge in [0.25, 0.3) is 10.0 Å². The van der Waals surface area contributed by atoms with Crippen LogP contribution in [0.4, 0.5) is 5.69 Å². The molecule has 94 valence electrons. The molecule has 1 aromatic heterocycles. The van der Waals surface area contributed by atoms with Crippen LogP contribution in [0.1, 0.15) is 0 Å². The maximum atomic E-state index is 12.4.